The number of amides is 1. The highest BCUT2D eigenvalue weighted by Gasteiger charge is 2.36. The van der Waals surface area contributed by atoms with Gasteiger partial charge in [0, 0.05) is 12.5 Å². The third kappa shape index (κ3) is 4.60. The highest BCUT2D eigenvalue weighted by molar-refractivity contribution is 5.68. The van der Waals surface area contributed by atoms with Gasteiger partial charge in [0.25, 0.3) is 0 Å². The van der Waals surface area contributed by atoms with Crippen LogP contribution >= 0.6 is 0 Å². The summed E-state index contributed by atoms with van der Waals surface area (Å²) >= 11 is 0. The van der Waals surface area contributed by atoms with Gasteiger partial charge in [-0.1, -0.05) is 36.4 Å². The van der Waals surface area contributed by atoms with Crippen LogP contribution in [0.5, 0.6) is 0 Å². The van der Waals surface area contributed by atoms with Crippen LogP contribution in [0.1, 0.15) is 26.3 Å². The average molecular weight is 303 g/mol. The smallest absolute Gasteiger partial charge is 0.410 e. The number of rotatable bonds is 4. The van der Waals surface area contributed by atoms with Crippen molar-refractivity contribution < 1.29 is 14.3 Å². The number of nitrogens with zero attached hydrogens (tertiary/aromatic N) is 1. The molecule has 4 nitrogen and oxygen atoms in total. The fraction of sp³-hybridized carbons (Fsp3) is 0.500. The Labute approximate surface area is 132 Å². The Morgan fingerprint density at radius 1 is 1.32 bits per heavy atom. The summed E-state index contributed by atoms with van der Waals surface area (Å²) in [6, 6.07) is 10.0. The molecule has 1 amide bonds. The van der Waals surface area contributed by atoms with Gasteiger partial charge in [0.1, 0.15) is 5.60 Å². The van der Waals surface area contributed by atoms with E-state index in [1.807, 2.05) is 57.2 Å². The van der Waals surface area contributed by atoms with Crippen LogP contribution < -0.4 is 0 Å². The van der Waals surface area contributed by atoms with E-state index in [9.17, 15) is 4.79 Å². The lowest BCUT2D eigenvalue weighted by Crippen LogP contribution is -2.36. The topological polar surface area (TPSA) is 38.8 Å². The summed E-state index contributed by atoms with van der Waals surface area (Å²) in [5.74, 6) is 0.135. The Morgan fingerprint density at radius 2 is 2.00 bits per heavy atom. The summed E-state index contributed by atoms with van der Waals surface area (Å²) in [7, 11) is 0. The third-order valence-corrected chi connectivity index (χ3v) is 3.57. The van der Waals surface area contributed by atoms with Gasteiger partial charge in [0.05, 0.1) is 19.3 Å². The van der Waals surface area contributed by atoms with Crippen molar-refractivity contribution in [2.24, 2.45) is 5.92 Å². The highest BCUT2D eigenvalue weighted by Crippen LogP contribution is 2.24. The van der Waals surface area contributed by atoms with Crippen molar-refractivity contribution >= 4 is 6.09 Å². The number of ether oxygens (including phenoxy) is 2. The van der Waals surface area contributed by atoms with Gasteiger partial charge >= 0.3 is 6.09 Å². The highest BCUT2D eigenvalue weighted by atomic mass is 16.6. The van der Waals surface area contributed by atoms with E-state index < -0.39 is 5.60 Å². The number of carbonyl (C=O) groups is 1. The summed E-state index contributed by atoms with van der Waals surface area (Å²) in [5.41, 5.74) is 0.644. The normalized spacial score (nSPS) is 21.7. The second-order valence-corrected chi connectivity index (χ2v) is 6.62. The van der Waals surface area contributed by atoms with Crippen LogP contribution in [-0.2, 0) is 16.1 Å². The number of benzene rings is 1. The zero-order valence-electron chi connectivity index (χ0n) is 13.6. The molecule has 22 heavy (non-hydrogen) atoms. The maximum absolute atomic E-state index is 12.2. The largest absolute Gasteiger partial charge is 0.444 e. The molecule has 120 valence electrons. The van der Waals surface area contributed by atoms with E-state index in [2.05, 4.69) is 6.58 Å². The summed E-state index contributed by atoms with van der Waals surface area (Å²) < 4.78 is 11.4. The van der Waals surface area contributed by atoms with Gasteiger partial charge in [-0.25, -0.2) is 4.79 Å². The Balaban J connectivity index is 1.92. The Bertz CT molecular complexity index is 507. The molecule has 0 spiro atoms. The van der Waals surface area contributed by atoms with Crippen LogP contribution in [-0.4, -0.2) is 35.8 Å². The molecule has 1 saturated heterocycles. The molecule has 1 aliphatic rings. The SMILES string of the molecule is C=CC1CN(C(=O)OC(C)(C)C)C[C@H]1OCc1ccccc1. The van der Waals surface area contributed by atoms with Gasteiger partial charge in [-0.15, -0.1) is 6.58 Å². The summed E-state index contributed by atoms with van der Waals surface area (Å²) in [4.78, 5) is 13.9. The first-order valence-corrected chi connectivity index (χ1v) is 7.65. The second kappa shape index (κ2) is 6.97. The van der Waals surface area contributed by atoms with Crippen molar-refractivity contribution in [1.29, 1.82) is 0 Å². The van der Waals surface area contributed by atoms with Gasteiger partial charge in [-0.3, -0.25) is 0 Å². The second-order valence-electron chi connectivity index (χ2n) is 6.62. The van der Waals surface area contributed by atoms with Gasteiger partial charge < -0.3 is 14.4 Å². The van der Waals surface area contributed by atoms with Gasteiger partial charge in [-0.2, -0.15) is 0 Å². The van der Waals surface area contributed by atoms with Crippen molar-refractivity contribution in [3.8, 4) is 0 Å². The summed E-state index contributed by atoms with van der Waals surface area (Å²) in [6.07, 6.45) is 1.54. The average Bonchev–Trinajstić information content (AvgIpc) is 2.88. The summed E-state index contributed by atoms with van der Waals surface area (Å²) in [5, 5.41) is 0. The Kier molecular flexibility index (Phi) is 5.24. The molecular weight excluding hydrogens is 278 g/mol. The first kappa shape index (κ1) is 16.6. The van der Waals surface area contributed by atoms with Crippen molar-refractivity contribution in [2.75, 3.05) is 13.1 Å². The first-order chi connectivity index (χ1) is 10.4. The molecular formula is C18H25NO3. The molecule has 1 fully saturated rings. The van der Waals surface area contributed by atoms with E-state index >= 15 is 0 Å². The van der Waals surface area contributed by atoms with Crippen LogP contribution in [0, 0.1) is 5.92 Å². The van der Waals surface area contributed by atoms with Gasteiger partial charge in [-0.05, 0) is 26.3 Å². The van der Waals surface area contributed by atoms with Crippen LogP contribution in [0.25, 0.3) is 0 Å². The van der Waals surface area contributed by atoms with E-state index in [-0.39, 0.29) is 18.1 Å². The minimum Gasteiger partial charge on any atom is -0.444 e. The standard InChI is InChI=1S/C18H25NO3/c1-5-15-11-19(17(20)22-18(2,3)4)12-16(15)21-13-14-9-7-6-8-10-14/h5-10,15-16H,1,11-13H2,2-4H3/t15?,16-/m1/s1. The molecule has 0 bridgehead atoms. The fourth-order valence-electron chi connectivity index (χ4n) is 2.45. The third-order valence-electron chi connectivity index (χ3n) is 3.57. The maximum Gasteiger partial charge on any atom is 0.410 e. The van der Waals surface area contributed by atoms with Crippen molar-refractivity contribution in [3.05, 3.63) is 48.6 Å². The van der Waals surface area contributed by atoms with Crippen molar-refractivity contribution in [2.45, 2.75) is 39.1 Å². The number of likely N-dealkylation sites (tertiary alicyclic amines) is 1. The minimum atomic E-state index is -0.482. The minimum absolute atomic E-state index is 0.0368. The lowest BCUT2D eigenvalue weighted by molar-refractivity contribution is 0.0156. The fourth-order valence-corrected chi connectivity index (χ4v) is 2.45. The Morgan fingerprint density at radius 3 is 2.59 bits per heavy atom. The van der Waals surface area contributed by atoms with Crippen LogP contribution in [0.3, 0.4) is 0 Å². The first-order valence-electron chi connectivity index (χ1n) is 7.65. The van der Waals surface area contributed by atoms with Gasteiger partial charge in [0.2, 0.25) is 0 Å². The monoisotopic (exact) mass is 303 g/mol. The summed E-state index contributed by atoms with van der Waals surface area (Å²) in [6.45, 7) is 11.1. The molecule has 1 heterocycles. The molecule has 1 aromatic rings. The maximum atomic E-state index is 12.2. The lowest BCUT2D eigenvalue weighted by Gasteiger charge is -2.24. The predicted octanol–water partition coefficient (Wildman–Crippen LogP) is 3.62. The molecule has 2 rings (SSSR count). The zero-order chi connectivity index (χ0) is 16.2. The van der Waals surface area contributed by atoms with Crippen LogP contribution in [0.4, 0.5) is 4.79 Å². The quantitative estimate of drug-likeness (QED) is 0.797. The van der Waals surface area contributed by atoms with Crippen LogP contribution in [0.2, 0.25) is 0 Å². The predicted molar refractivity (Wildman–Crippen MR) is 86.5 cm³/mol. The van der Waals surface area contributed by atoms with E-state index in [0.717, 1.165) is 5.56 Å². The van der Waals surface area contributed by atoms with Crippen LogP contribution in [0.15, 0.2) is 43.0 Å². The van der Waals surface area contributed by atoms with E-state index in [0.29, 0.717) is 19.7 Å². The number of carbonyl (C=O) groups excluding carboxylic acids is 1. The molecule has 0 aliphatic carbocycles. The number of hydrogen-bond acceptors (Lipinski definition) is 3. The van der Waals surface area contributed by atoms with Gasteiger partial charge in [0.15, 0.2) is 0 Å². The van der Waals surface area contributed by atoms with E-state index in [1.165, 1.54) is 0 Å². The number of hydrogen-bond donors (Lipinski definition) is 0. The van der Waals surface area contributed by atoms with Crippen molar-refractivity contribution in [3.63, 3.8) is 0 Å². The molecule has 0 saturated carbocycles. The lowest BCUT2D eigenvalue weighted by atomic mass is 10.1. The van der Waals surface area contributed by atoms with E-state index in [1.54, 1.807) is 4.90 Å². The van der Waals surface area contributed by atoms with E-state index in [4.69, 9.17) is 9.47 Å². The molecule has 4 heteroatoms. The molecule has 0 aromatic heterocycles. The molecule has 0 radical (unpaired) electrons. The molecule has 1 unspecified atom stereocenters. The zero-order valence-corrected chi connectivity index (χ0v) is 13.6. The molecule has 0 N–H and O–H groups in total. The molecule has 1 aliphatic heterocycles. The molecule has 2 atom stereocenters. The molecule has 1 aromatic carbocycles. The van der Waals surface area contributed by atoms with Crippen molar-refractivity contribution in [1.82, 2.24) is 4.90 Å². The Hall–Kier alpha value is -1.81.